The Labute approximate surface area is 164 Å². The molecule has 3 N–H and O–H groups in total. The molecule has 0 aliphatic carbocycles. The number of aromatic nitrogens is 3. The van der Waals surface area contributed by atoms with Gasteiger partial charge in [-0.05, 0) is 51.3 Å². The van der Waals surface area contributed by atoms with Gasteiger partial charge in [0, 0.05) is 18.8 Å². The molecule has 2 aliphatic rings. The van der Waals surface area contributed by atoms with Crippen LogP contribution in [-0.4, -0.2) is 56.3 Å². The lowest BCUT2D eigenvalue weighted by Gasteiger charge is -2.40. The Morgan fingerprint density at radius 1 is 1.32 bits per heavy atom. The second kappa shape index (κ2) is 7.71. The Bertz CT molecular complexity index is 851. The minimum absolute atomic E-state index is 0.0342. The van der Waals surface area contributed by atoms with Crippen molar-refractivity contribution in [1.82, 2.24) is 30.5 Å². The van der Waals surface area contributed by atoms with E-state index in [1.165, 1.54) is 0 Å². The Kier molecular flexibility index (Phi) is 5.13. The maximum atomic E-state index is 13.2. The molecule has 2 amide bonds. The number of piperidine rings is 1. The molecule has 2 aromatic heterocycles. The Morgan fingerprint density at radius 2 is 2.21 bits per heavy atom. The number of carbonyl (C=O) groups is 2. The van der Waals surface area contributed by atoms with E-state index in [0.29, 0.717) is 31.0 Å². The van der Waals surface area contributed by atoms with Crippen LogP contribution in [0.2, 0.25) is 0 Å². The quantitative estimate of drug-likeness (QED) is 0.720. The van der Waals surface area contributed by atoms with Gasteiger partial charge in [0.15, 0.2) is 0 Å². The van der Waals surface area contributed by atoms with E-state index in [0.717, 1.165) is 31.5 Å². The standard InChI is InChI=1S/C20H26N6O2/c1-14-22-12-17(24-14)18(27)25-16-10-20(7-3-5-9-26(20)13-16)19(28)23-11-15-6-2-4-8-21-15/h2,4,6,8,12,16H,3,5,7,9-11,13H2,1H3,(H,22,24)(H,23,28)(H,25,27)/t16-,20-/m0/s1. The first-order valence-electron chi connectivity index (χ1n) is 9.82. The number of nitrogens with zero attached hydrogens (tertiary/aromatic N) is 3. The van der Waals surface area contributed by atoms with Gasteiger partial charge in [-0.2, -0.15) is 0 Å². The SMILES string of the molecule is Cc1ncc(C(=O)N[C@@H]2CN3CCCC[C@@]3(C(=O)NCc3ccccn3)C2)[nH]1. The number of fused-ring (bicyclic) bond motifs is 1. The molecule has 2 fully saturated rings. The third kappa shape index (κ3) is 3.64. The largest absolute Gasteiger partial charge is 0.349 e. The molecule has 4 heterocycles. The molecule has 0 bridgehead atoms. The van der Waals surface area contributed by atoms with Crippen LogP contribution in [0.25, 0.3) is 0 Å². The first-order valence-corrected chi connectivity index (χ1v) is 9.82. The fourth-order valence-electron chi connectivity index (χ4n) is 4.41. The molecule has 148 valence electrons. The number of imidazole rings is 1. The van der Waals surface area contributed by atoms with Gasteiger partial charge in [-0.1, -0.05) is 6.07 Å². The van der Waals surface area contributed by atoms with Gasteiger partial charge in [0.1, 0.15) is 17.1 Å². The molecule has 28 heavy (non-hydrogen) atoms. The van der Waals surface area contributed by atoms with Crippen LogP contribution < -0.4 is 10.6 Å². The van der Waals surface area contributed by atoms with Gasteiger partial charge in [-0.25, -0.2) is 4.98 Å². The number of carbonyl (C=O) groups excluding carboxylic acids is 2. The lowest BCUT2D eigenvalue weighted by molar-refractivity contribution is -0.134. The van der Waals surface area contributed by atoms with E-state index in [2.05, 4.69) is 30.5 Å². The van der Waals surface area contributed by atoms with Gasteiger partial charge in [0.25, 0.3) is 5.91 Å². The van der Waals surface area contributed by atoms with Crippen LogP contribution in [0.1, 0.15) is 47.7 Å². The molecule has 2 aliphatic heterocycles. The van der Waals surface area contributed by atoms with Crippen molar-refractivity contribution in [2.24, 2.45) is 0 Å². The molecule has 2 atom stereocenters. The molecule has 2 aromatic rings. The second-order valence-corrected chi connectivity index (χ2v) is 7.70. The molecule has 0 radical (unpaired) electrons. The maximum absolute atomic E-state index is 13.2. The number of rotatable bonds is 5. The molecule has 0 unspecified atom stereocenters. The summed E-state index contributed by atoms with van der Waals surface area (Å²) in [5.74, 6) is 0.570. The van der Waals surface area contributed by atoms with Crippen molar-refractivity contribution < 1.29 is 9.59 Å². The van der Waals surface area contributed by atoms with Crippen LogP contribution in [0.15, 0.2) is 30.6 Å². The summed E-state index contributed by atoms with van der Waals surface area (Å²) >= 11 is 0. The Balaban J connectivity index is 1.43. The van der Waals surface area contributed by atoms with Gasteiger partial charge in [0.2, 0.25) is 5.91 Å². The summed E-state index contributed by atoms with van der Waals surface area (Å²) in [7, 11) is 0. The number of nitrogens with one attached hydrogen (secondary N) is 3. The van der Waals surface area contributed by atoms with Gasteiger partial charge >= 0.3 is 0 Å². The summed E-state index contributed by atoms with van der Waals surface area (Å²) in [5, 5.41) is 6.14. The maximum Gasteiger partial charge on any atom is 0.269 e. The van der Waals surface area contributed by atoms with Gasteiger partial charge in [-0.3, -0.25) is 19.5 Å². The fourth-order valence-corrected chi connectivity index (χ4v) is 4.41. The first-order chi connectivity index (χ1) is 13.6. The van der Waals surface area contributed by atoms with Crippen molar-refractivity contribution in [2.45, 2.75) is 50.7 Å². The number of amides is 2. The summed E-state index contributed by atoms with van der Waals surface area (Å²) in [6.07, 6.45) is 6.81. The molecule has 0 aromatic carbocycles. The van der Waals surface area contributed by atoms with Crippen LogP contribution >= 0.6 is 0 Å². The summed E-state index contributed by atoms with van der Waals surface area (Å²) in [6, 6.07) is 5.62. The van der Waals surface area contributed by atoms with Crippen molar-refractivity contribution in [3.63, 3.8) is 0 Å². The van der Waals surface area contributed by atoms with Crippen molar-refractivity contribution >= 4 is 11.8 Å². The van der Waals surface area contributed by atoms with E-state index in [1.807, 2.05) is 25.1 Å². The highest BCUT2D eigenvalue weighted by Gasteiger charge is 2.52. The Hall–Kier alpha value is -2.74. The number of H-pyrrole nitrogens is 1. The van der Waals surface area contributed by atoms with Crippen molar-refractivity contribution in [1.29, 1.82) is 0 Å². The lowest BCUT2D eigenvalue weighted by atomic mass is 9.84. The zero-order valence-corrected chi connectivity index (χ0v) is 16.1. The predicted molar refractivity (Wildman–Crippen MR) is 103 cm³/mol. The smallest absolute Gasteiger partial charge is 0.269 e. The number of pyridine rings is 1. The third-order valence-electron chi connectivity index (χ3n) is 5.76. The number of aryl methyl sites for hydroxylation is 1. The number of hydrogen-bond donors (Lipinski definition) is 3. The topological polar surface area (TPSA) is 103 Å². The molecular weight excluding hydrogens is 356 g/mol. The van der Waals surface area contributed by atoms with Crippen molar-refractivity contribution in [3.8, 4) is 0 Å². The molecule has 8 heteroatoms. The molecule has 4 rings (SSSR count). The highest BCUT2D eigenvalue weighted by atomic mass is 16.2. The van der Waals surface area contributed by atoms with Crippen LogP contribution in [-0.2, 0) is 11.3 Å². The van der Waals surface area contributed by atoms with E-state index >= 15 is 0 Å². The summed E-state index contributed by atoms with van der Waals surface area (Å²) in [4.78, 5) is 39.2. The average molecular weight is 382 g/mol. The summed E-state index contributed by atoms with van der Waals surface area (Å²) < 4.78 is 0. The fraction of sp³-hybridized carbons (Fsp3) is 0.500. The van der Waals surface area contributed by atoms with E-state index in [-0.39, 0.29) is 17.9 Å². The molecule has 0 saturated carbocycles. The highest BCUT2D eigenvalue weighted by Crippen LogP contribution is 2.38. The van der Waals surface area contributed by atoms with Crippen LogP contribution in [0, 0.1) is 6.92 Å². The monoisotopic (exact) mass is 382 g/mol. The molecular formula is C20H26N6O2. The van der Waals surface area contributed by atoms with E-state index in [4.69, 9.17) is 0 Å². The van der Waals surface area contributed by atoms with Gasteiger partial charge in [-0.15, -0.1) is 0 Å². The Morgan fingerprint density at radius 3 is 2.96 bits per heavy atom. The minimum atomic E-state index is -0.547. The van der Waals surface area contributed by atoms with Crippen LogP contribution in [0.4, 0.5) is 0 Å². The van der Waals surface area contributed by atoms with Crippen molar-refractivity contribution in [3.05, 3.63) is 47.8 Å². The summed E-state index contributed by atoms with van der Waals surface area (Å²) in [5.41, 5.74) is 0.748. The number of hydrogen-bond acceptors (Lipinski definition) is 5. The zero-order valence-electron chi connectivity index (χ0n) is 16.1. The van der Waals surface area contributed by atoms with E-state index in [9.17, 15) is 9.59 Å². The molecule has 0 spiro atoms. The normalized spacial score (nSPS) is 24.5. The third-order valence-corrected chi connectivity index (χ3v) is 5.76. The van der Waals surface area contributed by atoms with Crippen molar-refractivity contribution in [2.75, 3.05) is 13.1 Å². The first kappa shape index (κ1) is 18.6. The second-order valence-electron chi connectivity index (χ2n) is 7.70. The molecule has 8 nitrogen and oxygen atoms in total. The number of aromatic amines is 1. The average Bonchev–Trinajstić information content (AvgIpc) is 3.30. The van der Waals surface area contributed by atoms with Crippen LogP contribution in [0.5, 0.6) is 0 Å². The summed E-state index contributed by atoms with van der Waals surface area (Å²) in [6.45, 7) is 3.80. The lowest BCUT2D eigenvalue weighted by Crippen LogP contribution is -2.57. The minimum Gasteiger partial charge on any atom is -0.349 e. The zero-order chi connectivity index (χ0) is 19.6. The van der Waals surface area contributed by atoms with Gasteiger partial charge in [0.05, 0.1) is 18.4 Å². The highest BCUT2D eigenvalue weighted by molar-refractivity contribution is 5.92. The molecule has 2 saturated heterocycles. The predicted octanol–water partition coefficient (Wildman–Crippen LogP) is 1.16. The van der Waals surface area contributed by atoms with E-state index < -0.39 is 5.54 Å². The van der Waals surface area contributed by atoms with E-state index in [1.54, 1.807) is 12.4 Å². The van der Waals surface area contributed by atoms with Crippen LogP contribution in [0.3, 0.4) is 0 Å². The van der Waals surface area contributed by atoms with Gasteiger partial charge < -0.3 is 15.6 Å².